The van der Waals surface area contributed by atoms with E-state index >= 15 is 0 Å². The summed E-state index contributed by atoms with van der Waals surface area (Å²) < 4.78 is 10.8. The Hall–Kier alpha value is -2.30. The smallest absolute Gasteiger partial charge is 0.357 e. The minimum Gasteiger partial charge on any atom is -0.508 e. The van der Waals surface area contributed by atoms with Crippen molar-refractivity contribution in [3.05, 3.63) is 30.0 Å². The van der Waals surface area contributed by atoms with Crippen LogP contribution in [-0.4, -0.2) is 28.8 Å². The number of hydrogen-bond donors (Lipinski definition) is 1. The summed E-state index contributed by atoms with van der Waals surface area (Å²) in [5, 5.41) is 10.3. The maximum Gasteiger partial charge on any atom is 0.357 e. The summed E-state index contributed by atoms with van der Waals surface area (Å²) in [5.74, 6) is 0.239. The van der Waals surface area contributed by atoms with Gasteiger partial charge in [-0.05, 0) is 38.0 Å². The Kier molecular flexibility index (Phi) is 3.18. The number of aromatic nitrogens is 1. The van der Waals surface area contributed by atoms with Crippen molar-refractivity contribution in [3.8, 4) is 11.5 Å². The fraction of sp³-hybridized carbons (Fsp3) is 0.333. The molecule has 0 spiro atoms. The van der Waals surface area contributed by atoms with Crippen molar-refractivity contribution in [2.24, 2.45) is 0 Å². The summed E-state index contributed by atoms with van der Waals surface area (Å²) in [5.41, 5.74) is 0.824. The molecule has 5 nitrogen and oxygen atoms in total. The summed E-state index contributed by atoms with van der Waals surface area (Å²) in [6.45, 7) is 2.05. The molecule has 1 aromatic carbocycles. The highest BCUT2D eigenvalue weighted by molar-refractivity contribution is 5.94. The van der Waals surface area contributed by atoms with Crippen LogP contribution in [0.1, 0.15) is 30.3 Å². The van der Waals surface area contributed by atoms with Gasteiger partial charge >= 0.3 is 5.97 Å². The van der Waals surface area contributed by atoms with Gasteiger partial charge in [0.25, 0.3) is 0 Å². The Morgan fingerprint density at radius 3 is 2.90 bits per heavy atom. The van der Waals surface area contributed by atoms with Crippen molar-refractivity contribution in [1.29, 1.82) is 0 Å². The van der Waals surface area contributed by atoms with Gasteiger partial charge < -0.3 is 14.6 Å². The predicted molar refractivity (Wildman–Crippen MR) is 73.0 cm³/mol. The number of pyridine rings is 1. The maximum absolute atomic E-state index is 11.8. The third-order valence-corrected chi connectivity index (χ3v) is 3.06. The molecule has 1 N–H and O–H groups in total. The van der Waals surface area contributed by atoms with Crippen LogP contribution in [0.25, 0.3) is 10.9 Å². The quantitative estimate of drug-likeness (QED) is 0.867. The van der Waals surface area contributed by atoms with Crippen molar-refractivity contribution in [2.45, 2.75) is 25.9 Å². The zero-order chi connectivity index (χ0) is 14.1. The van der Waals surface area contributed by atoms with Gasteiger partial charge in [-0.1, -0.05) is 0 Å². The van der Waals surface area contributed by atoms with E-state index in [0.717, 1.165) is 12.8 Å². The van der Waals surface area contributed by atoms with Gasteiger partial charge in [0.1, 0.15) is 11.5 Å². The molecule has 1 aliphatic carbocycles. The van der Waals surface area contributed by atoms with Crippen LogP contribution in [0.4, 0.5) is 0 Å². The minimum absolute atomic E-state index is 0.142. The molecule has 20 heavy (non-hydrogen) atoms. The molecule has 0 atom stereocenters. The van der Waals surface area contributed by atoms with E-state index in [1.165, 1.54) is 6.07 Å². The highest BCUT2D eigenvalue weighted by atomic mass is 16.5. The Morgan fingerprint density at radius 1 is 1.40 bits per heavy atom. The van der Waals surface area contributed by atoms with Crippen molar-refractivity contribution in [1.82, 2.24) is 4.98 Å². The van der Waals surface area contributed by atoms with Crippen LogP contribution in [0.15, 0.2) is 24.3 Å². The first-order valence-electron chi connectivity index (χ1n) is 6.65. The average molecular weight is 273 g/mol. The normalized spacial score (nSPS) is 14.2. The highest BCUT2D eigenvalue weighted by Crippen LogP contribution is 2.33. The van der Waals surface area contributed by atoms with Crippen LogP contribution >= 0.6 is 0 Å². The molecule has 1 heterocycles. The van der Waals surface area contributed by atoms with E-state index in [2.05, 4.69) is 4.98 Å². The van der Waals surface area contributed by atoms with Gasteiger partial charge in [0.2, 0.25) is 0 Å². The monoisotopic (exact) mass is 273 g/mol. The van der Waals surface area contributed by atoms with Gasteiger partial charge in [0.15, 0.2) is 5.69 Å². The minimum atomic E-state index is -0.469. The Morgan fingerprint density at radius 2 is 2.20 bits per heavy atom. The fourth-order valence-corrected chi connectivity index (χ4v) is 1.96. The Bertz CT molecular complexity index is 664. The topological polar surface area (TPSA) is 68.7 Å². The van der Waals surface area contributed by atoms with E-state index in [9.17, 15) is 9.90 Å². The molecule has 1 fully saturated rings. The summed E-state index contributed by atoms with van der Waals surface area (Å²) >= 11 is 0. The summed E-state index contributed by atoms with van der Waals surface area (Å²) in [4.78, 5) is 16.1. The first-order chi connectivity index (χ1) is 9.67. The van der Waals surface area contributed by atoms with Gasteiger partial charge in [-0.15, -0.1) is 0 Å². The van der Waals surface area contributed by atoms with E-state index in [-0.39, 0.29) is 17.5 Å². The molecule has 2 aromatic rings. The van der Waals surface area contributed by atoms with Crippen molar-refractivity contribution >= 4 is 16.9 Å². The molecule has 0 bridgehead atoms. The largest absolute Gasteiger partial charge is 0.508 e. The van der Waals surface area contributed by atoms with E-state index in [0.29, 0.717) is 23.3 Å². The van der Waals surface area contributed by atoms with Crippen LogP contribution < -0.4 is 4.74 Å². The van der Waals surface area contributed by atoms with Crippen LogP contribution in [0, 0.1) is 0 Å². The van der Waals surface area contributed by atoms with Crippen molar-refractivity contribution < 1.29 is 19.4 Å². The number of rotatable bonds is 4. The van der Waals surface area contributed by atoms with Gasteiger partial charge in [-0.2, -0.15) is 0 Å². The van der Waals surface area contributed by atoms with E-state index in [4.69, 9.17) is 9.47 Å². The van der Waals surface area contributed by atoms with Gasteiger partial charge in [-0.25, -0.2) is 9.78 Å². The number of carbonyl (C=O) groups excluding carboxylic acids is 1. The zero-order valence-electron chi connectivity index (χ0n) is 11.1. The predicted octanol–water partition coefficient (Wildman–Crippen LogP) is 2.66. The third kappa shape index (κ3) is 2.52. The molecular formula is C15H15NO4. The maximum atomic E-state index is 11.8. The first kappa shape index (κ1) is 12.7. The number of hydrogen-bond acceptors (Lipinski definition) is 5. The van der Waals surface area contributed by atoms with Crippen molar-refractivity contribution in [2.75, 3.05) is 6.61 Å². The SMILES string of the molecule is CCOC(=O)c1cc(OC2CC2)c2cc(O)ccc2n1. The van der Waals surface area contributed by atoms with Gasteiger partial charge in [0, 0.05) is 11.5 Å². The number of carbonyl (C=O) groups is 1. The lowest BCUT2D eigenvalue weighted by molar-refractivity contribution is 0.0519. The fourth-order valence-electron chi connectivity index (χ4n) is 1.96. The lowest BCUT2D eigenvalue weighted by Crippen LogP contribution is -2.08. The standard InChI is InChI=1S/C15H15NO4/c1-2-19-15(18)13-8-14(20-10-4-5-10)11-7-9(17)3-6-12(11)16-13/h3,6-8,10,17H,2,4-5H2,1H3. The average Bonchev–Trinajstić information content (AvgIpc) is 3.23. The van der Waals surface area contributed by atoms with Crippen molar-refractivity contribution in [3.63, 3.8) is 0 Å². The van der Waals surface area contributed by atoms with Gasteiger partial charge in [-0.3, -0.25) is 0 Å². The van der Waals surface area contributed by atoms with Crippen LogP contribution in [0.5, 0.6) is 11.5 Å². The first-order valence-corrected chi connectivity index (χ1v) is 6.65. The van der Waals surface area contributed by atoms with E-state index in [1.807, 2.05) is 0 Å². The molecule has 5 heteroatoms. The number of aromatic hydroxyl groups is 1. The molecule has 104 valence electrons. The second-order valence-corrected chi connectivity index (χ2v) is 4.74. The summed E-state index contributed by atoms with van der Waals surface area (Å²) in [6.07, 6.45) is 2.22. The number of phenolic OH excluding ortho intramolecular Hbond substituents is 1. The third-order valence-electron chi connectivity index (χ3n) is 3.06. The lowest BCUT2D eigenvalue weighted by Gasteiger charge is -2.10. The molecule has 1 aliphatic rings. The summed E-state index contributed by atoms with van der Waals surface area (Å²) in [7, 11) is 0. The molecule has 1 saturated carbocycles. The number of phenols is 1. The molecule has 0 unspecified atom stereocenters. The molecule has 0 radical (unpaired) electrons. The molecule has 3 rings (SSSR count). The Labute approximate surface area is 116 Å². The lowest BCUT2D eigenvalue weighted by atomic mass is 10.1. The number of nitrogens with zero attached hydrogens (tertiary/aromatic N) is 1. The van der Waals surface area contributed by atoms with E-state index in [1.54, 1.807) is 25.1 Å². The molecule has 1 aromatic heterocycles. The summed E-state index contributed by atoms with van der Waals surface area (Å²) in [6, 6.07) is 6.37. The second kappa shape index (κ2) is 5.00. The highest BCUT2D eigenvalue weighted by Gasteiger charge is 2.25. The number of benzene rings is 1. The number of ether oxygens (including phenoxy) is 2. The molecule has 0 saturated heterocycles. The van der Waals surface area contributed by atoms with Gasteiger partial charge in [0.05, 0.1) is 18.2 Å². The molecule has 0 amide bonds. The zero-order valence-corrected chi connectivity index (χ0v) is 11.1. The Balaban J connectivity index is 2.09. The number of fused-ring (bicyclic) bond motifs is 1. The van der Waals surface area contributed by atoms with E-state index < -0.39 is 5.97 Å². The van der Waals surface area contributed by atoms with Crippen LogP contribution in [0.3, 0.4) is 0 Å². The molecule has 0 aliphatic heterocycles. The molecular weight excluding hydrogens is 258 g/mol. The second-order valence-electron chi connectivity index (χ2n) is 4.74. The van der Waals surface area contributed by atoms with Crippen LogP contribution in [0.2, 0.25) is 0 Å². The number of esters is 1. The van der Waals surface area contributed by atoms with Crippen LogP contribution in [-0.2, 0) is 4.74 Å².